The quantitative estimate of drug-likeness (QED) is 0.825. The van der Waals surface area contributed by atoms with E-state index < -0.39 is 0 Å². The van der Waals surface area contributed by atoms with Gasteiger partial charge in [0.25, 0.3) is 0 Å². The van der Waals surface area contributed by atoms with Gasteiger partial charge in [-0.05, 0) is 12.8 Å². The first-order valence-corrected chi connectivity index (χ1v) is 5.89. The number of nitrogens with zero attached hydrogens (tertiary/aromatic N) is 1. The summed E-state index contributed by atoms with van der Waals surface area (Å²) in [7, 11) is 3.26. The summed E-state index contributed by atoms with van der Waals surface area (Å²) in [5.74, 6) is 2.02. The van der Waals surface area contributed by atoms with Crippen LogP contribution >= 0.6 is 0 Å². The minimum absolute atomic E-state index is 0.438. The Morgan fingerprint density at radius 1 is 1.24 bits per heavy atom. The molecule has 1 atom stereocenters. The molecule has 0 amide bonds. The van der Waals surface area contributed by atoms with Gasteiger partial charge in [-0.2, -0.15) is 0 Å². The van der Waals surface area contributed by atoms with Crippen molar-refractivity contribution in [1.82, 2.24) is 10.3 Å². The highest BCUT2D eigenvalue weighted by molar-refractivity contribution is 5.42. The van der Waals surface area contributed by atoms with Gasteiger partial charge in [-0.3, -0.25) is 4.98 Å². The molecule has 0 spiro atoms. The van der Waals surface area contributed by atoms with Gasteiger partial charge < -0.3 is 14.8 Å². The molecule has 96 valence electrons. The van der Waals surface area contributed by atoms with E-state index in [1.54, 1.807) is 26.5 Å². The minimum Gasteiger partial charge on any atom is -0.493 e. The number of rotatable bonds is 6. The molecular weight excluding hydrogens is 216 g/mol. The summed E-state index contributed by atoms with van der Waals surface area (Å²) in [6.07, 6.45) is 1.73. The molecule has 1 heterocycles. The molecule has 17 heavy (non-hydrogen) atoms. The lowest BCUT2D eigenvalue weighted by Gasteiger charge is -2.18. The summed E-state index contributed by atoms with van der Waals surface area (Å²) in [6.45, 7) is 7.22. The number of pyridine rings is 1. The maximum absolute atomic E-state index is 5.33. The first kappa shape index (κ1) is 13.8. The number of ether oxygens (including phenoxy) is 2. The molecule has 1 aromatic heterocycles. The molecule has 1 N–H and O–H groups in total. The molecule has 1 unspecified atom stereocenters. The van der Waals surface area contributed by atoms with Gasteiger partial charge in [-0.1, -0.05) is 13.8 Å². The Balaban J connectivity index is 2.77. The van der Waals surface area contributed by atoms with Crippen molar-refractivity contribution in [3.63, 3.8) is 0 Å². The van der Waals surface area contributed by atoms with Crippen molar-refractivity contribution in [3.05, 3.63) is 18.0 Å². The van der Waals surface area contributed by atoms with Crippen LogP contribution in [0.3, 0.4) is 0 Å². The second-order valence-electron chi connectivity index (χ2n) is 4.41. The summed E-state index contributed by atoms with van der Waals surface area (Å²) < 4.78 is 10.6. The third kappa shape index (κ3) is 3.60. The average molecular weight is 238 g/mol. The maximum atomic E-state index is 5.33. The van der Waals surface area contributed by atoms with Crippen LogP contribution in [0.5, 0.6) is 11.5 Å². The lowest BCUT2D eigenvalue weighted by molar-refractivity contribution is 0.345. The van der Waals surface area contributed by atoms with Gasteiger partial charge in [-0.25, -0.2) is 0 Å². The number of methoxy groups -OCH3 is 2. The summed E-state index contributed by atoms with van der Waals surface area (Å²) in [4.78, 5) is 4.32. The van der Waals surface area contributed by atoms with Crippen molar-refractivity contribution in [3.8, 4) is 11.5 Å². The molecule has 0 aliphatic rings. The summed E-state index contributed by atoms with van der Waals surface area (Å²) in [6, 6.07) is 2.24. The molecule has 0 saturated carbocycles. The van der Waals surface area contributed by atoms with Gasteiger partial charge in [0.2, 0.25) is 0 Å². The van der Waals surface area contributed by atoms with Gasteiger partial charge >= 0.3 is 0 Å². The van der Waals surface area contributed by atoms with E-state index in [-0.39, 0.29) is 0 Å². The van der Waals surface area contributed by atoms with Gasteiger partial charge in [0.05, 0.1) is 19.9 Å². The second-order valence-corrected chi connectivity index (χ2v) is 4.41. The molecule has 1 rings (SSSR count). The Morgan fingerprint density at radius 2 is 1.94 bits per heavy atom. The second kappa shape index (κ2) is 6.45. The van der Waals surface area contributed by atoms with Crippen LogP contribution in [-0.4, -0.2) is 25.2 Å². The van der Waals surface area contributed by atoms with Gasteiger partial charge in [-0.15, -0.1) is 0 Å². The normalized spacial score (nSPS) is 12.6. The van der Waals surface area contributed by atoms with Crippen molar-refractivity contribution >= 4 is 0 Å². The first-order valence-electron chi connectivity index (χ1n) is 5.89. The Morgan fingerprint density at radius 3 is 2.47 bits per heavy atom. The Labute approximate surface area is 103 Å². The summed E-state index contributed by atoms with van der Waals surface area (Å²) >= 11 is 0. The van der Waals surface area contributed by atoms with E-state index in [2.05, 4.69) is 31.1 Å². The Bertz CT molecular complexity index is 353. The Kier molecular flexibility index (Phi) is 5.22. The standard InChI is InChI=1S/C13H22N2O2/c1-9(2)10(3)15-8-11-13(17-5)12(16-4)6-7-14-11/h6-7,9-10,15H,8H2,1-5H3. The fourth-order valence-electron chi connectivity index (χ4n) is 1.47. The highest BCUT2D eigenvalue weighted by Crippen LogP contribution is 2.28. The topological polar surface area (TPSA) is 43.4 Å². The monoisotopic (exact) mass is 238 g/mol. The van der Waals surface area contributed by atoms with Crippen LogP contribution in [0.2, 0.25) is 0 Å². The molecular formula is C13H22N2O2. The van der Waals surface area contributed by atoms with E-state index in [1.807, 2.05) is 0 Å². The molecule has 0 aromatic carbocycles. The van der Waals surface area contributed by atoms with Crippen molar-refractivity contribution < 1.29 is 9.47 Å². The van der Waals surface area contributed by atoms with E-state index in [1.165, 1.54) is 0 Å². The zero-order valence-corrected chi connectivity index (χ0v) is 11.3. The zero-order valence-electron chi connectivity index (χ0n) is 11.3. The van der Waals surface area contributed by atoms with Crippen molar-refractivity contribution in [2.75, 3.05) is 14.2 Å². The lowest BCUT2D eigenvalue weighted by atomic mass is 10.1. The summed E-state index contributed by atoms with van der Waals surface area (Å²) in [5.41, 5.74) is 0.874. The van der Waals surface area contributed by atoms with E-state index in [0.717, 1.165) is 11.4 Å². The third-order valence-corrected chi connectivity index (χ3v) is 2.96. The molecule has 0 aliphatic carbocycles. The SMILES string of the molecule is COc1ccnc(CNC(C)C(C)C)c1OC. The van der Waals surface area contributed by atoms with Crippen LogP contribution < -0.4 is 14.8 Å². The molecule has 4 nitrogen and oxygen atoms in total. The Hall–Kier alpha value is -1.29. The lowest BCUT2D eigenvalue weighted by Crippen LogP contribution is -2.30. The van der Waals surface area contributed by atoms with E-state index >= 15 is 0 Å². The smallest absolute Gasteiger partial charge is 0.183 e. The summed E-state index contributed by atoms with van der Waals surface area (Å²) in [5, 5.41) is 3.43. The largest absolute Gasteiger partial charge is 0.493 e. The fraction of sp³-hybridized carbons (Fsp3) is 0.615. The first-order chi connectivity index (χ1) is 8.10. The average Bonchev–Trinajstić information content (AvgIpc) is 2.34. The van der Waals surface area contributed by atoms with E-state index in [4.69, 9.17) is 9.47 Å². The van der Waals surface area contributed by atoms with Crippen LogP contribution in [0.25, 0.3) is 0 Å². The number of aromatic nitrogens is 1. The predicted octanol–water partition coefficient (Wildman–Crippen LogP) is 2.23. The number of nitrogens with one attached hydrogen (secondary N) is 1. The van der Waals surface area contributed by atoms with Crippen LogP contribution in [0.15, 0.2) is 12.3 Å². The highest BCUT2D eigenvalue weighted by Gasteiger charge is 2.12. The fourth-order valence-corrected chi connectivity index (χ4v) is 1.47. The van der Waals surface area contributed by atoms with Crippen LogP contribution in [0, 0.1) is 5.92 Å². The van der Waals surface area contributed by atoms with Crippen LogP contribution in [0.1, 0.15) is 26.5 Å². The van der Waals surface area contributed by atoms with E-state index in [9.17, 15) is 0 Å². The maximum Gasteiger partial charge on any atom is 0.183 e. The van der Waals surface area contributed by atoms with Crippen molar-refractivity contribution in [2.24, 2.45) is 5.92 Å². The number of hydrogen-bond donors (Lipinski definition) is 1. The van der Waals surface area contributed by atoms with Crippen LogP contribution in [-0.2, 0) is 6.54 Å². The molecule has 0 fully saturated rings. The van der Waals surface area contributed by atoms with Gasteiger partial charge in [0.1, 0.15) is 0 Å². The van der Waals surface area contributed by atoms with Crippen molar-refractivity contribution in [1.29, 1.82) is 0 Å². The highest BCUT2D eigenvalue weighted by atomic mass is 16.5. The number of hydrogen-bond acceptors (Lipinski definition) is 4. The molecule has 0 saturated heterocycles. The zero-order chi connectivity index (χ0) is 12.8. The molecule has 0 bridgehead atoms. The predicted molar refractivity (Wildman–Crippen MR) is 68.5 cm³/mol. The van der Waals surface area contributed by atoms with Gasteiger partial charge in [0, 0.05) is 24.8 Å². The molecule has 0 aliphatic heterocycles. The molecule has 4 heteroatoms. The molecule has 0 radical (unpaired) electrons. The molecule has 1 aromatic rings. The van der Waals surface area contributed by atoms with Crippen molar-refractivity contribution in [2.45, 2.75) is 33.4 Å². The van der Waals surface area contributed by atoms with E-state index in [0.29, 0.717) is 24.3 Å². The minimum atomic E-state index is 0.438. The van der Waals surface area contributed by atoms with Gasteiger partial charge in [0.15, 0.2) is 11.5 Å². The van der Waals surface area contributed by atoms with Crippen LogP contribution in [0.4, 0.5) is 0 Å². The third-order valence-electron chi connectivity index (χ3n) is 2.96.